The van der Waals surface area contributed by atoms with Crippen LogP contribution >= 0.6 is 0 Å². The van der Waals surface area contributed by atoms with Gasteiger partial charge in [-0.3, -0.25) is 10.00 Å². The van der Waals surface area contributed by atoms with Gasteiger partial charge in [0.25, 0.3) is 0 Å². The molecule has 6 heteroatoms. The zero-order valence-corrected chi connectivity index (χ0v) is 18.8. The maximum Gasteiger partial charge on any atom is 0.159 e. The normalized spacial score (nSPS) is 14.9. The lowest BCUT2D eigenvalue weighted by molar-refractivity contribution is 0.118. The summed E-state index contributed by atoms with van der Waals surface area (Å²) in [5.41, 5.74) is 8.45. The summed E-state index contributed by atoms with van der Waals surface area (Å²) in [4.78, 5) is 10.9. The van der Waals surface area contributed by atoms with Gasteiger partial charge in [0.15, 0.2) is 5.82 Å². The minimum absolute atomic E-state index is 0.142. The SMILES string of the molecule is Cc1cc(-c2ccc3c(-c4nc5c([nH]4)CN(C(C)(C)C)CC5)n[nH]c3c2)c(C)cc1O. The van der Waals surface area contributed by atoms with Crippen LogP contribution in [0.2, 0.25) is 0 Å². The third-order valence-electron chi connectivity index (χ3n) is 6.42. The molecular weight excluding hydrogens is 386 g/mol. The standard InChI is InChI=1S/C25H29N5O/c1-14-11-22(31)15(2)10-18(14)16-6-7-17-20(12-16)28-29-23(17)24-26-19-8-9-30(25(3,4)5)13-21(19)27-24/h6-7,10-12,31H,8-9,13H2,1-5H3,(H,26,27)(H,28,29). The molecule has 1 aliphatic heterocycles. The predicted molar refractivity (Wildman–Crippen MR) is 124 cm³/mol. The van der Waals surface area contributed by atoms with Gasteiger partial charge >= 0.3 is 0 Å². The molecule has 1 aliphatic rings. The summed E-state index contributed by atoms with van der Waals surface area (Å²) in [5.74, 6) is 1.16. The van der Waals surface area contributed by atoms with Crippen LogP contribution in [0.3, 0.4) is 0 Å². The maximum absolute atomic E-state index is 9.97. The Morgan fingerprint density at radius 3 is 2.65 bits per heavy atom. The van der Waals surface area contributed by atoms with Crippen molar-refractivity contribution in [1.29, 1.82) is 0 Å². The molecule has 0 saturated heterocycles. The van der Waals surface area contributed by atoms with E-state index in [1.807, 2.05) is 26.0 Å². The minimum atomic E-state index is 0.142. The van der Waals surface area contributed by atoms with Crippen LogP contribution in [0.5, 0.6) is 5.75 Å². The number of aromatic nitrogens is 4. The van der Waals surface area contributed by atoms with Crippen LogP contribution in [-0.2, 0) is 13.0 Å². The quantitative estimate of drug-likeness (QED) is 0.425. The average Bonchev–Trinajstić information content (AvgIpc) is 3.32. The van der Waals surface area contributed by atoms with Crippen molar-refractivity contribution < 1.29 is 5.11 Å². The van der Waals surface area contributed by atoms with Crippen LogP contribution in [0.25, 0.3) is 33.5 Å². The third kappa shape index (κ3) is 3.41. The molecule has 3 N–H and O–H groups in total. The Hall–Kier alpha value is -3.12. The fourth-order valence-corrected chi connectivity index (χ4v) is 4.46. The molecule has 0 radical (unpaired) electrons. The molecule has 5 rings (SSSR count). The van der Waals surface area contributed by atoms with Gasteiger partial charge < -0.3 is 10.1 Å². The van der Waals surface area contributed by atoms with Gasteiger partial charge in [0.05, 0.1) is 16.9 Å². The van der Waals surface area contributed by atoms with Crippen LogP contribution in [-0.4, -0.2) is 42.3 Å². The molecule has 3 heterocycles. The number of hydrogen-bond donors (Lipinski definition) is 3. The van der Waals surface area contributed by atoms with Crippen molar-refractivity contribution in [2.45, 2.75) is 53.1 Å². The van der Waals surface area contributed by atoms with Crippen LogP contribution in [0.4, 0.5) is 0 Å². The van der Waals surface area contributed by atoms with E-state index in [1.165, 1.54) is 5.69 Å². The van der Waals surface area contributed by atoms with Crippen molar-refractivity contribution in [2.24, 2.45) is 0 Å². The highest BCUT2D eigenvalue weighted by molar-refractivity contribution is 5.94. The van der Waals surface area contributed by atoms with Gasteiger partial charge in [0, 0.05) is 30.4 Å². The molecule has 160 valence electrons. The molecule has 0 atom stereocenters. The first-order valence-corrected chi connectivity index (χ1v) is 10.8. The number of rotatable bonds is 2. The largest absolute Gasteiger partial charge is 0.508 e. The Kier molecular flexibility index (Phi) is 4.45. The number of phenols is 1. The molecule has 2 aromatic carbocycles. The first kappa shape index (κ1) is 19.8. The molecular formula is C25H29N5O. The molecule has 31 heavy (non-hydrogen) atoms. The number of benzene rings is 2. The molecule has 2 aromatic heterocycles. The second-order valence-electron chi connectivity index (χ2n) is 9.64. The number of imidazole rings is 1. The van der Waals surface area contributed by atoms with Gasteiger partial charge in [0.1, 0.15) is 11.4 Å². The Morgan fingerprint density at radius 2 is 1.87 bits per heavy atom. The Morgan fingerprint density at radius 1 is 1.06 bits per heavy atom. The molecule has 0 spiro atoms. The predicted octanol–water partition coefficient (Wildman–Crippen LogP) is 5.10. The molecule has 0 unspecified atom stereocenters. The van der Waals surface area contributed by atoms with Crippen LogP contribution in [0, 0.1) is 13.8 Å². The van der Waals surface area contributed by atoms with E-state index in [4.69, 9.17) is 4.98 Å². The van der Waals surface area contributed by atoms with E-state index in [1.54, 1.807) is 0 Å². The van der Waals surface area contributed by atoms with E-state index in [0.717, 1.165) is 69.9 Å². The highest BCUT2D eigenvalue weighted by Gasteiger charge is 2.28. The van der Waals surface area contributed by atoms with E-state index < -0.39 is 0 Å². The maximum atomic E-state index is 9.97. The van der Waals surface area contributed by atoms with Crippen molar-refractivity contribution in [3.8, 4) is 28.4 Å². The summed E-state index contributed by atoms with van der Waals surface area (Å²) in [5, 5.41) is 18.8. The van der Waals surface area contributed by atoms with Gasteiger partial charge in [-0.1, -0.05) is 6.07 Å². The summed E-state index contributed by atoms with van der Waals surface area (Å²) < 4.78 is 0. The lowest BCUT2D eigenvalue weighted by Crippen LogP contribution is -2.44. The van der Waals surface area contributed by atoms with Gasteiger partial charge in [-0.15, -0.1) is 0 Å². The van der Waals surface area contributed by atoms with Crippen molar-refractivity contribution in [1.82, 2.24) is 25.1 Å². The number of aromatic hydroxyl groups is 1. The molecule has 0 amide bonds. The molecule has 6 nitrogen and oxygen atoms in total. The third-order valence-corrected chi connectivity index (χ3v) is 6.42. The molecule has 0 bridgehead atoms. The Labute approximate surface area is 182 Å². The number of nitrogens with one attached hydrogen (secondary N) is 2. The summed E-state index contributed by atoms with van der Waals surface area (Å²) in [6, 6.07) is 10.2. The van der Waals surface area contributed by atoms with Crippen molar-refractivity contribution in [3.63, 3.8) is 0 Å². The first-order valence-electron chi connectivity index (χ1n) is 10.8. The molecule has 4 aromatic rings. The lowest BCUT2D eigenvalue weighted by atomic mass is 9.97. The lowest BCUT2D eigenvalue weighted by Gasteiger charge is -2.37. The average molecular weight is 416 g/mol. The van der Waals surface area contributed by atoms with Gasteiger partial charge in [-0.25, -0.2) is 4.98 Å². The zero-order valence-electron chi connectivity index (χ0n) is 18.8. The van der Waals surface area contributed by atoms with E-state index in [9.17, 15) is 5.11 Å². The summed E-state index contributed by atoms with van der Waals surface area (Å²) in [6.07, 6.45) is 0.953. The van der Waals surface area contributed by atoms with Gasteiger partial charge in [-0.2, -0.15) is 5.10 Å². The summed E-state index contributed by atoms with van der Waals surface area (Å²) >= 11 is 0. The first-order chi connectivity index (χ1) is 14.7. The molecule has 0 fully saturated rings. The van der Waals surface area contributed by atoms with E-state index in [-0.39, 0.29) is 5.54 Å². The number of phenolic OH excluding ortho intramolecular Hbond substituents is 1. The minimum Gasteiger partial charge on any atom is -0.508 e. The fourth-order valence-electron chi connectivity index (χ4n) is 4.46. The smallest absolute Gasteiger partial charge is 0.159 e. The zero-order chi connectivity index (χ0) is 21.9. The highest BCUT2D eigenvalue weighted by Crippen LogP contribution is 2.34. The second-order valence-corrected chi connectivity index (χ2v) is 9.64. The van der Waals surface area contributed by atoms with Crippen molar-refractivity contribution >= 4 is 10.9 Å². The number of aromatic amines is 2. The summed E-state index contributed by atoms with van der Waals surface area (Å²) in [6.45, 7) is 12.6. The van der Waals surface area contributed by atoms with Crippen molar-refractivity contribution in [3.05, 3.63) is 52.8 Å². The second kappa shape index (κ2) is 6.95. The van der Waals surface area contributed by atoms with Crippen LogP contribution < -0.4 is 0 Å². The van der Waals surface area contributed by atoms with E-state index in [0.29, 0.717) is 5.75 Å². The number of nitrogens with zero attached hydrogens (tertiary/aromatic N) is 3. The van der Waals surface area contributed by atoms with Crippen molar-refractivity contribution in [2.75, 3.05) is 6.54 Å². The van der Waals surface area contributed by atoms with Crippen LogP contribution in [0.15, 0.2) is 30.3 Å². The van der Waals surface area contributed by atoms with E-state index >= 15 is 0 Å². The molecule has 0 aliphatic carbocycles. The van der Waals surface area contributed by atoms with Crippen LogP contribution in [0.1, 0.15) is 43.3 Å². The fraction of sp³-hybridized carbons (Fsp3) is 0.360. The number of fused-ring (bicyclic) bond motifs is 2. The van der Waals surface area contributed by atoms with Gasteiger partial charge in [0.2, 0.25) is 0 Å². The Balaban J connectivity index is 1.51. The Bertz CT molecular complexity index is 1290. The molecule has 0 saturated carbocycles. The monoisotopic (exact) mass is 415 g/mol. The topological polar surface area (TPSA) is 80.8 Å². The summed E-state index contributed by atoms with van der Waals surface area (Å²) in [7, 11) is 0. The number of hydrogen-bond acceptors (Lipinski definition) is 4. The highest BCUT2D eigenvalue weighted by atomic mass is 16.3. The number of aryl methyl sites for hydroxylation is 2. The number of H-pyrrole nitrogens is 2. The van der Waals surface area contributed by atoms with Gasteiger partial charge in [-0.05, 0) is 81.1 Å². The van der Waals surface area contributed by atoms with E-state index in [2.05, 4.69) is 59.1 Å².